The first-order valence-electron chi connectivity index (χ1n) is 12.1. The number of para-hydroxylation sites is 3. The second-order valence-corrected chi connectivity index (χ2v) is 9.02. The topological polar surface area (TPSA) is 80.1 Å². The molecule has 1 aliphatic rings. The number of carbonyl (C=O) groups excluding carboxylic acids is 2. The second-order valence-electron chi connectivity index (χ2n) is 9.02. The molecular weight excluding hydrogens is 438 g/mol. The molecule has 7 heteroatoms. The zero-order valence-electron chi connectivity index (χ0n) is 19.9. The van der Waals surface area contributed by atoms with Gasteiger partial charge in [0.25, 0.3) is 0 Å². The van der Waals surface area contributed by atoms with Crippen molar-refractivity contribution in [3.8, 4) is 5.69 Å². The van der Waals surface area contributed by atoms with Gasteiger partial charge in [0.15, 0.2) is 0 Å². The van der Waals surface area contributed by atoms with E-state index in [-0.39, 0.29) is 17.7 Å². The monoisotopic (exact) mass is 467 g/mol. The van der Waals surface area contributed by atoms with Crippen LogP contribution in [0.2, 0.25) is 0 Å². The van der Waals surface area contributed by atoms with E-state index in [4.69, 9.17) is 4.98 Å². The Morgan fingerprint density at radius 2 is 1.83 bits per heavy atom. The Balaban J connectivity index is 1.27. The number of likely N-dealkylation sites (tertiary alicyclic amines) is 1. The maximum absolute atomic E-state index is 13.2. The van der Waals surface area contributed by atoms with Gasteiger partial charge in [-0.3, -0.25) is 14.2 Å². The van der Waals surface area contributed by atoms with E-state index in [1.165, 1.54) is 0 Å². The first kappa shape index (κ1) is 22.8. The van der Waals surface area contributed by atoms with E-state index in [0.29, 0.717) is 31.7 Å². The first-order chi connectivity index (χ1) is 17.1. The van der Waals surface area contributed by atoms with Gasteiger partial charge in [0.1, 0.15) is 11.6 Å². The number of benzene rings is 2. The Hall–Kier alpha value is -4.00. The molecule has 1 saturated heterocycles. The van der Waals surface area contributed by atoms with Crippen LogP contribution in [-0.2, 0) is 16.0 Å². The fourth-order valence-corrected chi connectivity index (χ4v) is 4.74. The van der Waals surface area contributed by atoms with E-state index in [9.17, 15) is 9.59 Å². The van der Waals surface area contributed by atoms with Gasteiger partial charge in [0.05, 0.1) is 17.0 Å². The van der Waals surface area contributed by atoms with Gasteiger partial charge in [-0.25, -0.2) is 9.97 Å². The normalized spacial score (nSPS) is 15.8. The minimum absolute atomic E-state index is 0.0585. The summed E-state index contributed by atoms with van der Waals surface area (Å²) < 4.78 is 2.13. The van der Waals surface area contributed by atoms with E-state index in [1.807, 2.05) is 60.4 Å². The molecule has 1 atom stereocenters. The van der Waals surface area contributed by atoms with E-state index < -0.39 is 0 Å². The van der Waals surface area contributed by atoms with Crippen LogP contribution in [0, 0.1) is 12.8 Å². The second kappa shape index (κ2) is 10.1. The SMILES string of the molecule is Cc1cccnc1NC(=O)C1CCCN(C(=O)CCc2nc3ccccc3n2-c2ccccc2)C1. The molecule has 1 unspecified atom stereocenters. The summed E-state index contributed by atoms with van der Waals surface area (Å²) in [5.74, 6) is 1.20. The van der Waals surface area contributed by atoms with Crippen LogP contribution in [0.25, 0.3) is 16.7 Å². The molecule has 5 rings (SSSR count). The standard InChI is InChI=1S/C28H29N5O2/c1-20-9-7-17-29-27(20)31-28(35)21-10-8-18-32(19-21)26(34)16-15-25-30-23-13-5-6-14-24(23)33(25)22-11-3-2-4-12-22/h2-7,9,11-14,17,21H,8,10,15-16,18-19H2,1H3,(H,29,31,35). The number of rotatable bonds is 6. The number of carbonyl (C=O) groups is 2. The summed E-state index contributed by atoms with van der Waals surface area (Å²) in [6.07, 6.45) is 4.13. The predicted molar refractivity (Wildman–Crippen MR) is 136 cm³/mol. The summed E-state index contributed by atoms with van der Waals surface area (Å²) in [5, 5.41) is 2.94. The van der Waals surface area contributed by atoms with Crippen LogP contribution in [0.3, 0.4) is 0 Å². The molecule has 0 spiro atoms. The third-order valence-electron chi connectivity index (χ3n) is 6.60. The van der Waals surface area contributed by atoms with Crippen molar-refractivity contribution < 1.29 is 9.59 Å². The van der Waals surface area contributed by atoms with Crippen LogP contribution in [0.4, 0.5) is 5.82 Å². The number of aryl methyl sites for hydroxylation is 2. The molecular formula is C28H29N5O2. The highest BCUT2D eigenvalue weighted by Crippen LogP contribution is 2.24. The average Bonchev–Trinajstić information content (AvgIpc) is 3.27. The number of hydrogen-bond donors (Lipinski definition) is 1. The van der Waals surface area contributed by atoms with Crippen molar-refractivity contribution in [2.75, 3.05) is 18.4 Å². The number of hydrogen-bond acceptors (Lipinski definition) is 4. The largest absolute Gasteiger partial charge is 0.342 e. The Kier molecular flexibility index (Phi) is 6.57. The molecule has 7 nitrogen and oxygen atoms in total. The lowest BCUT2D eigenvalue weighted by Gasteiger charge is -2.32. The highest BCUT2D eigenvalue weighted by Gasteiger charge is 2.29. The zero-order valence-corrected chi connectivity index (χ0v) is 19.9. The first-order valence-corrected chi connectivity index (χ1v) is 12.1. The van der Waals surface area contributed by atoms with Gasteiger partial charge in [-0.05, 0) is 55.7 Å². The number of imidazole rings is 1. The highest BCUT2D eigenvalue weighted by atomic mass is 16.2. The predicted octanol–water partition coefficient (Wildman–Crippen LogP) is 4.54. The minimum atomic E-state index is -0.233. The summed E-state index contributed by atoms with van der Waals surface area (Å²) in [6, 6.07) is 21.9. The third-order valence-corrected chi connectivity index (χ3v) is 6.60. The lowest BCUT2D eigenvalue weighted by Crippen LogP contribution is -2.44. The van der Waals surface area contributed by atoms with Crippen LogP contribution in [-0.4, -0.2) is 44.3 Å². The average molecular weight is 468 g/mol. The summed E-state index contributed by atoms with van der Waals surface area (Å²) >= 11 is 0. The summed E-state index contributed by atoms with van der Waals surface area (Å²) in [5.41, 5.74) is 3.90. The van der Waals surface area contributed by atoms with Crippen molar-refractivity contribution in [2.45, 2.75) is 32.6 Å². The Morgan fingerprint density at radius 1 is 1.03 bits per heavy atom. The molecule has 35 heavy (non-hydrogen) atoms. The van der Waals surface area contributed by atoms with Crippen molar-refractivity contribution in [2.24, 2.45) is 5.92 Å². The number of nitrogens with one attached hydrogen (secondary N) is 1. The van der Waals surface area contributed by atoms with Crippen LogP contribution in [0.1, 0.15) is 30.7 Å². The molecule has 2 aromatic heterocycles. The van der Waals surface area contributed by atoms with Crippen molar-refractivity contribution in [1.82, 2.24) is 19.4 Å². The Morgan fingerprint density at radius 3 is 2.66 bits per heavy atom. The molecule has 0 aliphatic carbocycles. The highest BCUT2D eigenvalue weighted by molar-refractivity contribution is 5.93. The van der Waals surface area contributed by atoms with E-state index >= 15 is 0 Å². The molecule has 2 amide bonds. The molecule has 3 heterocycles. The van der Waals surface area contributed by atoms with Gasteiger partial charge in [-0.15, -0.1) is 0 Å². The number of anilines is 1. The summed E-state index contributed by atoms with van der Waals surface area (Å²) in [4.78, 5) is 36.9. The molecule has 0 radical (unpaired) electrons. The van der Waals surface area contributed by atoms with Gasteiger partial charge in [0, 0.05) is 37.8 Å². The summed E-state index contributed by atoms with van der Waals surface area (Å²) in [6.45, 7) is 3.04. The number of amides is 2. The van der Waals surface area contributed by atoms with Gasteiger partial charge < -0.3 is 10.2 Å². The van der Waals surface area contributed by atoms with Gasteiger partial charge in [0.2, 0.25) is 11.8 Å². The molecule has 1 N–H and O–H groups in total. The third kappa shape index (κ3) is 4.94. The maximum atomic E-state index is 13.2. The van der Waals surface area contributed by atoms with E-state index in [1.54, 1.807) is 6.20 Å². The number of nitrogens with zero attached hydrogens (tertiary/aromatic N) is 4. The van der Waals surface area contributed by atoms with E-state index in [0.717, 1.165) is 41.0 Å². The quantitative estimate of drug-likeness (QED) is 0.452. The van der Waals surface area contributed by atoms with Crippen LogP contribution >= 0.6 is 0 Å². The zero-order chi connectivity index (χ0) is 24.2. The smallest absolute Gasteiger partial charge is 0.230 e. The van der Waals surface area contributed by atoms with Crippen molar-refractivity contribution >= 4 is 28.7 Å². The van der Waals surface area contributed by atoms with Crippen LogP contribution < -0.4 is 5.32 Å². The molecule has 4 aromatic rings. The maximum Gasteiger partial charge on any atom is 0.230 e. The van der Waals surface area contributed by atoms with Crippen molar-refractivity contribution in [3.05, 3.63) is 84.3 Å². The van der Waals surface area contributed by atoms with Gasteiger partial charge in [-0.2, -0.15) is 0 Å². The molecule has 178 valence electrons. The van der Waals surface area contributed by atoms with Crippen molar-refractivity contribution in [3.63, 3.8) is 0 Å². The molecule has 1 aliphatic heterocycles. The fraction of sp³-hybridized carbons (Fsp3) is 0.286. The van der Waals surface area contributed by atoms with Gasteiger partial charge >= 0.3 is 0 Å². The Bertz CT molecular complexity index is 1350. The number of aromatic nitrogens is 3. The lowest BCUT2D eigenvalue weighted by atomic mass is 9.96. The Labute approximate surface area is 204 Å². The summed E-state index contributed by atoms with van der Waals surface area (Å²) in [7, 11) is 0. The molecule has 0 bridgehead atoms. The van der Waals surface area contributed by atoms with Crippen LogP contribution in [0.15, 0.2) is 72.9 Å². The number of pyridine rings is 1. The number of fused-ring (bicyclic) bond motifs is 1. The lowest BCUT2D eigenvalue weighted by molar-refractivity contribution is -0.134. The van der Waals surface area contributed by atoms with E-state index in [2.05, 4.69) is 33.1 Å². The minimum Gasteiger partial charge on any atom is -0.342 e. The molecule has 0 saturated carbocycles. The molecule has 2 aromatic carbocycles. The fourth-order valence-electron chi connectivity index (χ4n) is 4.74. The number of piperidine rings is 1. The van der Waals surface area contributed by atoms with Crippen molar-refractivity contribution in [1.29, 1.82) is 0 Å². The molecule has 1 fully saturated rings. The van der Waals surface area contributed by atoms with Gasteiger partial charge in [-0.1, -0.05) is 36.4 Å². The van der Waals surface area contributed by atoms with Crippen LogP contribution in [0.5, 0.6) is 0 Å².